The van der Waals surface area contributed by atoms with E-state index in [2.05, 4.69) is 5.32 Å². The van der Waals surface area contributed by atoms with Gasteiger partial charge < -0.3 is 25.4 Å². The van der Waals surface area contributed by atoms with Crippen molar-refractivity contribution in [3.63, 3.8) is 0 Å². The van der Waals surface area contributed by atoms with Gasteiger partial charge in [0.15, 0.2) is 17.2 Å². The van der Waals surface area contributed by atoms with Crippen LogP contribution in [0.5, 0.6) is 17.2 Å². The van der Waals surface area contributed by atoms with Gasteiger partial charge in [0.1, 0.15) is 0 Å². The lowest BCUT2D eigenvalue weighted by Gasteiger charge is -2.21. The number of carbonyl (C=O) groups excluding carboxylic acids is 1. The Morgan fingerprint density at radius 3 is 2.43 bits per heavy atom. The van der Waals surface area contributed by atoms with Gasteiger partial charge in [0.05, 0.1) is 0 Å². The van der Waals surface area contributed by atoms with Gasteiger partial charge in [-0.1, -0.05) is 0 Å². The lowest BCUT2D eigenvalue weighted by atomic mass is 9.95. The highest BCUT2D eigenvalue weighted by Crippen LogP contribution is 2.35. The molecule has 1 aliphatic rings. The summed E-state index contributed by atoms with van der Waals surface area (Å²) in [7, 11) is 0. The van der Waals surface area contributed by atoms with E-state index in [-0.39, 0.29) is 11.5 Å². The summed E-state index contributed by atoms with van der Waals surface area (Å²) in [5, 5.41) is 30.7. The van der Waals surface area contributed by atoms with Gasteiger partial charge in [-0.05, 0) is 43.7 Å². The highest BCUT2D eigenvalue weighted by Gasteiger charge is 2.15. The SMILES string of the molecule is O=C(NCCCC1CCOCC1)c1cc(O)c(O)c(O)c1. The van der Waals surface area contributed by atoms with E-state index in [1.165, 1.54) is 0 Å². The summed E-state index contributed by atoms with van der Waals surface area (Å²) >= 11 is 0. The maximum atomic E-state index is 11.9. The Balaban J connectivity index is 1.76. The molecule has 4 N–H and O–H groups in total. The van der Waals surface area contributed by atoms with Gasteiger partial charge in [-0.25, -0.2) is 0 Å². The summed E-state index contributed by atoms with van der Waals surface area (Å²) in [6.45, 7) is 2.19. The molecule has 21 heavy (non-hydrogen) atoms. The first-order valence-corrected chi connectivity index (χ1v) is 7.19. The van der Waals surface area contributed by atoms with E-state index in [0.717, 1.165) is 51.0 Å². The van der Waals surface area contributed by atoms with E-state index in [4.69, 9.17) is 4.74 Å². The van der Waals surface area contributed by atoms with Crippen LogP contribution in [0.2, 0.25) is 0 Å². The van der Waals surface area contributed by atoms with Crippen molar-refractivity contribution in [2.24, 2.45) is 5.92 Å². The second kappa shape index (κ2) is 7.17. The largest absolute Gasteiger partial charge is 0.504 e. The number of hydrogen-bond acceptors (Lipinski definition) is 5. The summed E-state index contributed by atoms with van der Waals surface area (Å²) in [5.41, 5.74) is 0.119. The molecule has 1 aromatic carbocycles. The second-order valence-corrected chi connectivity index (χ2v) is 5.32. The molecule has 0 unspecified atom stereocenters. The third-order valence-corrected chi connectivity index (χ3v) is 3.75. The number of nitrogens with one attached hydrogen (secondary N) is 1. The molecule has 1 saturated heterocycles. The number of ether oxygens (including phenoxy) is 1. The summed E-state index contributed by atoms with van der Waals surface area (Å²) in [6.07, 6.45) is 4.09. The van der Waals surface area contributed by atoms with Crippen molar-refractivity contribution >= 4 is 5.91 Å². The second-order valence-electron chi connectivity index (χ2n) is 5.32. The summed E-state index contributed by atoms with van der Waals surface area (Å²) in [4.78, 5) is 11.9. The van der Waals surface area contributed by atoms with E-state index < -0.39 is 17.2 Å². The summed E-state index contributed by atoms with van der Waals surface area (Å²) in [6, 6.07) is 2.26. The molecule has 1 aromatic rings. The van der Waals surface area contributed by atoms with E-state index in [1.807, 2.05) is 0 Å². The average Bonchev–Trinajstić information content (AvgIpc) is 2.49. The minimum atomic E-state index is -0.619. The topological polar surface area (TPSA) is 99.0 Å². The Bertz CT molecular complexity index is 474. The molecular weight excluding hydrogens is 274 g/mol. The van der Waals surface area contributed by atoms with Gasteiger partial charge >= 0.3 is 0 Å². The third-order valence-electron chi connectivity index (χ3n) is 3.75. The number of amides is 1. The van der Waals surface area contributed by atoms with Crippen LogP contribution in [0.15, 0.2) is 12.1 Å². The third kappa shape index (κ3) is 4.26. The summed E-state index contributed by atoms with van der Waals surface area (Å²) in [5.74, 6) is -1.36. The van der Waals surface area contributed by atoms with E-state index in [9.17, 15) is 20.1 Å². The molecule has 1 amide bonds. The monoisotopic (exact) mass is 295 g/mol. The molecule has 116 valence electrons. The maximum absolute atomic E-state index is 11.9. The highest BCUT2D eigenvalue weighted by atomic mass is 16.5. The number of aromatic hydroxyl groups is 3. The van der Waals surface area contributed by atoms with E-state index >= 15 is 0 Å². The summed E-state index contributed by atoms with van der Waals surface area (Å²) < 4.78 is 5.30. The van der Waals surface area contributed by atoms with Crippen LogP contribution in [0.3, 0.4) is 0 Å². The number of phenolic OH excluding ortho intramolecular Hbond substituents is 3. The number of carbonyl (C=O) groups is 1. The van der Waals surface area contributed by atoms with Gasteiger partial charge in [0.25, 0.3) is 5.91 Å². The normalized spacial score (nSPS) is 15.8. The Morgan fingerprint density at radius 2 is 1.81 bits per heavy atom. The zero-order valence-electron chi connectivity index (χ0n) is 11.8. The van der Waals surface area contributed by atoms with Gasteiger partial charge in [-0.2, -0.15) is 0 Å². The number of phenols is 3. The molecule has 0 saturated carbocycles. The highest BCUT2D eigenvalue weighted by molar-refractivity contribution is 5.95. The maximum Gasteiger partial charge on any atom is 0.251 e. The van der Waals surface area contributed by atoms with Crippen LogP contribution in [-0.4, -0.2) is 41.0 Å². The molecule has 0 atom stereocenters. The van der Waals surface area contributed by atoms with Gasteiger partial charge in [0, 0.05) is 25.3 Å². The Labute approximate surface area is 123 Å². The molecule has 2 rings (SSSR count). The minimum Gasteiger partial charge on any atom is -0.504 e. The molecule has 1 fully saturated rings. The van der Waals surface area contributed by atoms with Gasteiger partial charge in [0.2, 0.25) is 0 Å². The Kier molecular flexibility index (Phi) is 5.27. The first-order valence-electron chi connectivity index (χ1n) is 7.19. The Morgan fingerprint density at radius 1 is 1.19 bits per heavy atom. The van der Waals surface area contributed by atoms with Gasteiger partial charge in [-0.3, -0.25) is 4.79 Å². The number of rotatable bonds is 5. The van der Waals surface area contributed by atoms with Crippen LogP contribution in [0.4, 0.5) is 0 Å². The van der Waals surface area contributed by atoms with Crippen LogP contribution >= 0.6 is 0 Å². The van der Waals surface area contributed by atoms with Crippen LogP contribution in [-0.2, 0) is 4.74 Å². The molecule has 0 aromatic heterocycles. The fourth-order valence-electron chi connectivity index (χ4n) is 2.47. The Hall–Kier alpha value is -1.95. The molecule has 6 nitrogen and oxygen atoms in total. The smallest absolute Gasteiger partial charge is 0.251 e. The molecule has 1 heterocycles. The quantitative estimate of drug-likeness (QED) is 0.490. The molecule has 0 spiro atoms. The zero-order valence-corrected chi connectivity index (χ0v) is 11.8. The van der Waals surface area contributed by atoms with Crippen molar-refractivity contribution in [2.75, 3.05) is 19.8 Å². The van der Waals surface area contributed by atoms with Crippen molar-refractivity contribution < 1.29 is 24.9 Å². The molecule has 0 aliphatic carbocycles. The van der Waals surface area contributed by atoms with Crippen LogP contribution in [0.25, 0.3) is 0 Å². The van der Waals surface area contributed by atoms with Crippen molar-refractivity contribution in [3.05, 3.63) is 17.7 Å². The van der Waals surface area contributed by atoms with Gasteiger partial charge in [-0.15, -0.1) is 0 Å². The minimum absolute atomic E-state index is 0.119. The fourth-order valence-corrected chi connectivity index (χ4v) is 2.47. The van der Waals surface area contributed by atoms with E-state index in [1.54, 1.807) is 0 Å². The van der Waals surface area contributed by atoms with Crippen LogP contribution in [0.1, 0.15) is 36.0 Å². The van der Waals surface area contributed by atoms with Crippen molar-refractivity contribution in [1.29, 1.82) is 0 Å². The van der Waals surface area contributed by atoms with Crippen LogP contribution in [0, 0.1) is 5.92 Å². The van der Waals surface area contributed by atoms with Crippen molar-refractivity contribution in [3.8, 4) is 17.2 Å². The lowest BCUT2D eigenvalue weighted by Crippen LogP contribution is -2.25. The number of hydrogen-bond donors (Lipinski definition) is 4. The lowest BCUT2D eigenvalue weighted by molar-refractivity contribution is 0.0631. The van der Waals surface area contributed by atoms with E-state index in [0.29, 0.717) is 12.5 Å². The van der Waals surface area contributed by atoms with Crippen LogP contribution < -0.4 is 5.32 Å². The predicted octanol–water partition coefficient (Wildman–Crippen LogP) is 1.74. The standard InChI is InChI=1S/C15H21NO5/c17-12-8-11(9-13(18)14(12)19)15(20)16-5-1-2-10-3-6-21-7-4-10/h8-10,17-19H,1-7H2,(H,16,20). The molecule has 6 heteroatoms. The first kappa shape index (κ1) is 15.4. The fraction of sp³-hybridized carbons (Fsp3) is 0.533. The first-order chi connectivity index (χ1) is 10.1. The zero-order chi connectivity index (χ0) is 15.2. The average molecular weight is 295 g/mol. The van der Waals surface area contributed by atoms with Crippen molar-refractivity contribution in [2.45, 2.75) is 25.7 Å². The van der Waals surface area contributed by atoms with Crippen molar-refractivity contribution in [1.82, 2.24) is 5.32 Å². The predicted molar refractivity (Wildman–Crippen MR) is 76.5 cm³/mol. The molecule has 1 aliphatic heterocycles. The number of benzene rings is 1. The molecule has 0 radical (unpaired) electrons. The molecule has 0 bridgehead atoms. The molecular formula is C15H21NO5.